The van der Waals surface area contributed by atoms with E-state index in [1.54, 1.807) is 6.20 Å². The third-order valence-corrected chi connectivity index (χ3v) is 5.75. The Morgan fingerprint density at radius 3 is 2.45 bits per heavy atom. The summed E-state index contributed by atoms with van der Waals surface area (Å²) in [6, 6.07) is 4.13. The van der Waals surface area contributed by atoms with Crippen LogP contribution in [0.1, 0.15) is 10.4 Å². The number of piperazine rings is 1. The van der Waals surface area contributed by atoms with Crippen LogP contribution in [0, 0.1) is 0 Å². The zero-order valence-electron chi connectivity index (χ0n) is 11.8. The molecule has 22 heavy (non-hydrogen) atoms. The first-order chi connectivity index (χ1) is 10.4. The van der Waals surface area contributed by atoms with Crippen molar-refractivity contribution in [2.45, 2.75) is 4.90 Å². The topological polar surface area (TPSA) is 86.8 Å². The number of sulfonamides is 1. The molecule has 1 fully saturated rings. The maximum atomic E-state index is 12.6. The molecule has 1 N–H and O–H groups in total. The number of nitrogens with zero attached hydrogens (tertiary/aromatic N) is 2. The number of hydrogen-bond donors (Lipinski definition) is 1. The van der Waals surface area contributed by atoms with Gasteiger partial charge >= 0.3 is 0 Å². The minimum atomic E-state index is -3.68. The summed E-state index contributed by atoms with van der Waals surface area (Å²) in [6.45, 7) is 5.53. The number of nitrogens with one attached hydrogen (secondary N) is 1. The predicted octanol–water partition coefficient (Wildman–Crippen LogP) is 0.271. The lowest BCUT2D eigenvalue weighted by Crippen LogP contribution is -2.46. The molecule has 116 valence electrons. The number of benzene rings is 1. The van der Waals surface area contributed by atoms with E-state index in [0.29, 0.717) is 31.9 Å². The Kier molecular flexibility index (Phi) is 3.50. The summed E-state index contributed by atoms with van der Waals surface area (Å²) in [4.78, 5) is 25.0. The van der Waals surface area contributed by atoms with Crippen molar-refractivity contribution >= 4 is 27.4 Å². The van der Waals surface area contributed by atoms with Gasteiger partial charge in [0.05, 0.1) is 16.1 Å². The van der Waals surface area contributed by atoms with Crippen molar-refractivity contribution in [2.24, 2.45) is 0 Å². The minimum absolute atomic E-state index is 0.0307. The number of amides is 1. The lowest BCUT2D eigenvalue weighted by molar-refractivity contribution is -0.112. The van der Waals surface area contributed by atoms with Crippen molar-refractivity contribution in [1.29, 1.82) is 0 Å². The summed E-state index contributed by atoms with van der Waals surface area (Å²) >= 11 is 0. The lowest BCUT2D eigenvalue weighted by Gasteiger charge is -2.33. The third-order valence-electron chi connectivity index (χ3n) is 3.86. The molecule has 0 saturated carbocycles. The molecule has 0 aliphatic carbocycles. The van der Waals surface area contributed by atoms with E-state index in [1.807, 2.05) is 4.90 Å². The van der Waals surface area contributed by atoms with Crippen LogP contribution in [0.2, 0.25) is 0 Å². The van der Waals surface area contributed by atoms with Gasteiger partial charge in [-0.3, -0.25) is 9.59 Å². The van der Waals surface area contributed by atoms with E-state index < -0.39 is 21.7 Å². The van der Waals surface area contributed by atoms with Gasteiger partial charge in [-0.1, -0.05) is 6.58 Å². The van der Waals surface area contributed by atoms with E-state index >= 15 is 0 Å². The number of ketones is 1. The molecule has 0 radical (unpaired) electrons. The second-order valence-corrected chi connectivity index (χ2v) is 7.05. The molecule has 0 spiro atoms. The molecule has 0 unspecified atom stereocenters. The monoisotopic (exact) mass is 321 g/mol. The average molecular weight is 321 g/mol. The normalized spacial score (nSPS) is 19.0. The first-order valence-electron chi connectivity index (χ1n) is 6.80. The zero-order chi connectivity index (χ0) is 15.9. The number of fused-ring (bicyclic) bond motifs is 1. The lowest BCUT2D eigenvalue weighted by atomic mass is 10.1. The molecular formula is C14H15N3O4S. The van der Waals surface area contributed by atoms with E-state index in [9.17, 15) is 18.0 Å². The van der Waals surface area contributed by atoms with Crippen LogP contribution in [0.25, 0.3) is 0 Å². The molecule has 1 aromatic carbocycles. The molecule has 1 aromatic rings. The minimum Gasteiger partial charge on any atom is -0.375 e. The summed E-state index contributed by atoms with van der Waals surface area (Å²) in [5.74, 6) is -1.44. The maximum absolute atomic E-state index is 12.6. The Balaban J connectivity index is 1.90. The molecule has 0 bridgehead atoms. The summed E-state index contributed by atoms with van der Waals surface area (Å²) in [7, 11) is -3.68. The van der Waals surface area contributed by atoms with Gasteiger partial charge in [-0.15, -0.1) is 0 Å². The molecule has 3 rings (SSSR count). The van der Waals surface area contributed by atoms with E-state index in [1.165, 1.54) is 22.5 Å². The van der Waals surface area contributed by atoms with Crippen LogP contribution in [-0.2, 0) is 14.8 Å². The summed E-state index contributed by atoms with van der Waals surface area (Å²) in [6.07, 6.45) is 1.69. The largest absolute Gasteiger partial charge is 0.375 e. The highest BCUT2D eigenvalue weighted by molar-refractivity contribution is 7.89. The smallest absolute Gasteiger partial charge is 0.296 e. The highest BCUT2D eigenvalue weighted by atomic mass is 32.2. The van der Waals surface area contributed by atoms with Gasteiger partial charge in [0.2, 0.25) is 10.0 Å². The van der Waals surface area contributed by atoms with Crippen molar-refractivity contribution in [2.75, 3.05) is 31.5 Å². The summed E-state index contributed by atoms with van der Waals surface area (Å²) in [5, 5.41) is 2.40. The Bertz CT molecular complexity index is 764. The highest BCUT2D eigenvalue weighted by Gasteiger charge is 2.32. The molecule has 2 aliphatic heterocycles. The number of rotatable bonds is 3. The highest BCUT2D eigenvalue weighted by Crippen LogP contribution is 2.27. The van der Waals surface area contributed by atoms with E-state index in [0.717, 1.165) is 0 Å². The molecule has 2 heterocycles. The Morgan fingerprint density at radius 1 is 1.14 bits per heavy atom. The van der Waals surface area contributed by atoms with E-state index in [4.69, 9.17) is 0 Å². The van der Waals surface area contributed by atoms with Crippen LogP contribution in [-0.4, -0.2) is 55.5 Å². The van der Waals surface area contributed by atoms with Crippen molar-refractivity contribution in [3.05, 3.63) is 36.5 Å². The molecule has 1 saturated heterocycles. The van der Waals surface area contributed by atoms with Crippen LogP contribution < -0.4 is 5.32 Å². The van der Waals surface area contributed by atoms with E-state index in [2.05, 4.69) is 11.9 Å². The number of hydrogen-bond acceptors (Lipinski definition) is 5. The zero-order valence-corrected chi connectivity index (χ0v) is 12.6. The van der Waals surface area contributed by atoms with Crippen molar-refractivity contribution in [3.63, 3.8) is 0 Å². The average Bonchev–Trinajstić information content (AvgIpc) is 2.82. The van der Waals surface area contributed by atoms with Gasteiger partial charge in [0.15, 0.2) is 0 Å². The quantitative estimate of drug-likeness (QED) is 0.808. The van der Waals surface area contributed by atoms with Crippen LogP contribution >= 0.6 is 0 Å². The number of anilines is 1. The number of carbonyl (C=O) groups is 2. The maximum Gasteiger partial charge on any atom is 0.296 e. The number of carbonyl (C=O) groups excluding carboxylic acids is 2. The van der Waals surface area contributed by atoms with Crippen molar-refractivity contribution < 1.29 is 18.0 Å². The second kappa shape index (κ2) is 5.22. The van der Waals surface area contributed by atoms with Gasteiger partial charge in [0.25, 0.3) is 11.7 Å². The van der Waals surface area contributed by atoms with Crippen molar-refractivity contribution in [1.82, 2.24) is 9.21 Å². The van der Waals surface area contributed by atoms with Crippen LogP contribution in [0.3, 0.4) is 0 Å². The summed E-state index contributed by atoms with van der Waals surface area (Å²) < 4.78 is 26.6. The van der Waals surface area contributed by atoms with Gasteiger partial charge in [0, 0.05) is 26.2 Å². The fourth-order valence-electron chi connectivity index (χ4n) is 2.56. The third kappa shape index (κ3) is 2.30. The van der Waals surface area contributed by atoms with Gasteiger partial charge in [-0.25, -0.2) is 8.42 Å². The van der Waals surface area contributed by atoms with Gasteiger partial charge in [-0.2, -0.15) is 4.31 Å². The number of Topliss-reactive ketones (excluding diaryl/α,β-unsaturated/α-hetero) is 1. The van der Waals surface area contributed by atoms with Gasteiger partial charge in [-0.05, 0) is 24.4 Å². The Labute approximate surface area is 128 Å². The fourth-order valence-corrected chi connectivity index (χ4v) is 4.01. The molecule has 0 aromatic heterocycles. The first kappa shape index (κ1) is 14.7. The van der Waals surface area contributed by atoms with Crippen LogP contribution in [0.5, 0.6) is 0 Å². The Morgan fingerprint density at radius 2 is 1.82 bits per heavy atom. The van der Waals surface area contributed by atoms with Crippen molar-refractivity contribution in [3.8, 4) is 0 Å². The van der Waals surface area contributed by atoms with Gasteiger partial charge in [0.1, 0.15) is 0 Å². The fraction of sp³-hybridized carbons (Fsp3) is 0.286. The van der Waals surface area contributed by atoms with Crippen LogP contribution in [0.4, 0.5) is 5.69 Å². The standard InChI is InChI=1S/C14H15N3O4S/c1-2-16-5-7-17(8-6-16)22(20,21)10-3-4-12-11(9-10)13(18)14(19)15-12/h2-4,9H,1,5-8H2,(H,15,18,19). The SMILES string of the molecule is C=CN1CCN(S(=O)(=O)c2ccc3c(c2)C(=O)C(=O)N3)CC1. The van der Waals surface area contributed by atoms with E-state index in [-0.39, 0.29) is 10.5 Å². The molecule has 1 amide bonds. The second-order valence-electron chi connectivity index (χ2n) is 5.11. The molecule has 2 aliphatic rings. The summed E-state index contributed by atoms with van der Waals surface area (Å²) in [5.41, 5.74) is 0.459. The first-order valence-corrected chi connectivity index (χ1v) is 8.24. The van der Waals surface area contributed by atoms with Gasteiger partial charge < -0.3 is 10.2 Å². The van der Waals surface area contributed by atoms with Crippen LogP contribution in [0.15, 0.2) is 35.9 Å². The molecule has 7 nitrogen and oxygen atoms in total. The molecule has 8 heteroatoms. The predicted molar refractivity (Wildman–Crippen MR) is 79.9 cm³/mol. The molecular weight excluding hydrogens is 306 g/mol. The Hall–Kier alpha value is -2.19. The molecule has 0 atom stereocenters.